The van der Waals surface area contributed by atoms with Gasteiger partial charge in [0.05, 0.1) is 23.9 Å². The fourth-order valence-corrected chi connectivity index (χ4v) is 2.90. The maximum Gasteiger partial charge on any atom is 0.141 e. The Bertz CT molecular complexity index is 735. The Balaban J connectivity index is 1.85. The molecule has 0 heterocycles. The largest absolute Gasteiger partial charge is 0.460 e. The van der Waals surface area contributed by atoms with Crippen molar-refractivity contribution in [3.8, 4) is 11.8 Å². The molecule has 0 aromatic heterocycles. The molecule has 0 aliphatic heterocycles. The van der Waals surface area contributed by atoms with Crippen LogP contribution in [-0.2, 0) is 4.79 Å². The van der Waals surface area contributed by atoms with E-state index in [-0.39, 0.29) is 6.54 Å². The number of aldehydes is 1. The number of carbonyl (C=O) groups excluding carboxylic acids is 1. The van der Waals surface area contributed by atoms with Gasteiger partial charge in [-0.2, -0.15) is 10.4 Å². The molecule has 0 N–H and O–H groups in total. The number of hydrazone groups is 1. The predicted molar refractivity (Wildman–Crippen MR) is 95.8 cm³/mol. The van der Waals surface area contributed by atoms with Crippen molar-refractivity contribution < 1.29 is 9.53 Å². The van der Waals surface area contributed by atoms with Gasteiger partial charge in [-0.15, -0.1) is 0 Å². The molecule has 0 radical (unpaired) electrons. The van der Waals surface area contributed by atoms with Crippen LogP contribution in [0.4, 0.5) is 0 Å². The Morgan fingerprint density at radius 3 is 2.40 bits per heavy atom. The van der Waals surface area contributed by atoms with Gasteiger partial charge in [0, 0.05) is 11.6 Å². The summed E-state index contributed by atoms with van der Waals surface area (Å²) in [6.45, 7) is 4.20. The van der Waals surface area contributed by atoms with E-state index in [1.165, 1.54) is 12.8 Å². The van der Waals surface area contributed by atoms with E-state index >= 15 is 0 Å². The molecule has 2 fully saturated rings. The van der Waals surface area contributed by atoms with Gasteiger partial charge in [-0.05, 0) is 69.7 Å². The van der Waals surface area contributed by atoms with Crippen LogP contribution in [0.15, 0.2) is 40.8 Å². The van der Waals surface area contributed by atoms with Crippen LogP contribution in [0.25, 0.3) is 0 Å². The monoisotopic (exact) mass is 337 g/mol. The van der Waals surface area contributed by atoms with E-state index in [1.54, 1.807) is 24.3 Å². The predicted octanol–water partition coefficient (Wildman–Crippen LogP) is 3.87. The first-order valence-corrected chi connectivity index (χ1v) is 8.77. The summed E-state index contributed by atoms with van der Waals surface area (Å²) in [7, 11) is 0. The molecule has 0 bridgehead atoms. The smallest absolute Gasteiger partial charge is 0.141 e. The number of benzene rings is 1. The zero-order valence-electron chi connectivity index (χ0n) is 14.7. The van der Waals surface area contributed by atoms with Crippen molar-refractivity contribution in [2.24, 2.45) is 16.9 Å². The summed E-state index contributed by atoms with van der Waals surface area (Å²) in [4.78, 5) is 11.2. The summed E-state index contributed by atoms with van der Waals surface area (Å²) >= 11 is 0. The second-order valence-electron chi connectivity index (χ2n) is 6.72. The van der Waals surface area contributed by atoms with Crippen molar-refractivity contribution in [2.45, 2.75) is 39.5 Å². The van der Waals surface area contributed by atoms with Crippen molar-refractivity contribution >= 4 is 12.0 Å². The molecule has 2 aliphatic carbocycles. The average molecular weight is 337 g/mol. The molecule has 2 aliphatic rings. The van der Waals surface area contributed by atoms with Crippen LogP contribution in [0.3, 0.4) is 0 Å². The number of hydrogen-bond acceptors (Lipinski definition) is 5. The summed E-state index contributed by atoms with van der Waals surface area (Å²) in [6.07, 6.45) is 5.45. The fraction of sp³-hybridized carbons (Fsp3) is 0.450. The van der Waals surface area contributed by atoms with Crippen molar-refractivity contribution in [2.75, 3.05) is 6.54 Å². The van der Waals surface area contributed by atoms with Crippen molar-refractivity contribution in [1.29, 1.82) is 5.26 Å². The topological polar surface area (TPSA) is 65.7 Å². The van der Waals surface area contributed by atoms with Crippen molar-refractivity contribution in [3.63, 3.8) is 0 Å². The first-order valence-electron chi connectivity index (χ1n) is 8.77. The lowest BCUT2D eigenvalue weighted by Crippen LogP contribution is -2.24. The third kappa shape index (κ3) is 4.48. The third-order valence-corrected chi connectivity index (χ3v) is 4.55. The van der Waals surface area contributed by atoms with E-state index in [9.17, 15) is 4.79 Å². The highest BCUT2D eigenvalue weighted by Crippen LogP contribution is 2.41. The van der Waals surface area contributed by atoms with Gasteiger partial charge in [0.15, 0.2) is 0 Å². The third-order valence-electron chi connectivity index (χ3n) is 4.55. The Morgan fingerprint density at radius 2 is 1.88 bits per heavy atom. The van der Waals surface area contributed by atoms with Crippen LogP contribution in [-0.4, -0.2) is 23.6 Å². The van der Waals surface area contributed by atoms with Crippen molar-refractivity contribution in [1.82, 2.24) is 5.01 Å². The van der Waals surface area contributed by atoms with Gasteiger partial charge in [-0.1, -0.05) is 0 Å². The molecule has 3 rings (SSSR count). The summed E-state index contributed by atoms with van der Waals surface area (Å²) in [5, 5.41) is 15.4. The number of hydrogen-bond donors (Lipinski definition) is 0. The molecule has 1 aromatic rings. The molecule has 5 heteroatoms. The van der Waals surface area contributed by atoms with Crippen LogP contribution < -0.4 is 4.74 Å². The van der Waals surface area contributed by atoms with Crippen LogP contribution in [0, 0.1) is 23.2 Å². The number of rotatable bonds is 8. The van der Waals surface area contributed by atoms with Crippen molar-refractivity contribution in [3.05, 3.63) is 41.3 Å². The fourth-order valence-electron chi connectivity index (χ4n) is 2.90. The van der Waals surface area contributed by atoms with Gasteiger partial charge in [-0.25, -0.2) is 0 Å². The van der Waals surface area contributed by atoms with E-state index in [1.807, 2.05) is 18.9 Å². The molecule has 0 atom stereocenters. The minimum Gasteiger partial charge on any atom is -0.460 e. The molecule has 5 nitrogen and oxygen atoms in total. The number of allylic oxidation sites excluding steroid dienone is 2. The summed E-state index contributed by atoms with van der Waals surface area (Å²) < 4.78 is 6.01. The second-order valence-corrected chi connectivity index (χ2v) is 6.72. The van der Waals surface area contributed by atoms with E-state index in [0.717, 1.165) is 36.3 Å². The Morgan fingerprint density at radius 1 is 1.24 bits per heavy atom. The number of ether oxygens (including phenoxy) is 1. The normalized spacial score (nSPS) is 18.2. The maximum atomic E-state index is 11.2. The Labute approximate surface area is 148 Å². The number of nitriles is 1. The summed E-state index contributed by atoms with van der Waals surface area (Å²) in [5.41, 5.74) is 2.69. The molecular weight excluding hydrogens is 314 g/mol. The van der Waals surface area contributed by atoms with Gasteiger partial charge in [0.2, 0.25) is 0 Å². The second kappa shape index (κ2) is 7.52. The molecule has 0 saturated heterocycles. The Kier molecular flexibility index (Phi) is 5.18. The maximum absolute atomic E-state index is 11.2. The molecule has 25 heavy (non-hydrogen) atoms. The van der Waals surface area contributed by atoms with Gasteiger partial charge in [-0.3, -0.25) is 5.01 Å². The molecule has 0 spiro atoms. The van der Waals surface area contributed by atoms with E-state index < -0.39 is 0 Å². The molecule has 0 amide bonds. The molecule has 130 valence electrons. The van der Waals surface area contributed by atoms with Crippen LogP contribution in [0.2, 0.25) is 0 Å². The SMILES string of the molecule is C/C(=N\N(CC=O)/C(=C(\C)Oc1ccc(C#N)cc1)C1CC1)C1CC1. The minimum atomic E-state index is 0.240. The standard InChI is InChI=1S/C20H23N3O2/c1-14(17-5-6-17)22-23(11-12-24)20(18-7-8-18)15(2)25-19-9-3-16(13-21)4-10-19/h3-4,9-10,12,17-18H,5-8,11H2,1-2H3/b20-15+,22-14+. The van der Waals surface area contributed by atoms with Crippen LogP contribution in [0.1, 0.15) is 45.1 Å². The molecule has 0 unspecified atom stereocenters. The summed E-state index contributed by atoms with van der Waals surface area (Å²) in [5.74, 6) is 2.41. The van der Waals surface area contributed by atoms with Gasteiger partial charge < -0.3 is 9.53 Å². The molecule has 2 saturated carbocycles. The van der Waals surface area contributed by atoms with E-state index in [2.05, 4.69) is 6.07 Å². The first kappa shape index (κ1) is 17.2. The summed E-state index contributed by atoms with van der Waals surface area (Å²) in [6, 6.07) is 9.14. The highest BCUT2D eigenvalue weighted by Gasteiger charge is 2.33. The lowest BCUT2D eigenvalue weighted by molar-refractivity contribution is -0.108. The lowest BCUT2D eigenvalue weighted by Gasteiger charge is -2.23. The van der Waals surface area contributed by atoms with E-state index in [0.29, 0.717) is 23.1 Å². The van der Waals surface area contributed by atoms with Gasteiger partial charge in [0.1, 0.15) is 17.8 Å². The first-order chi connectivity index (χ1) is 12.1. The quantitative estimate of drug-likeness (QED) is 0.313. The zero-order chi connectivity index (χ0) is 17.8. The van der Waals surface area contributed by atoms with Gasteiger partial charge >= 0.3 is 0 Å². The highest BCUT2D eigenvalue weighted by molar-refractivity contribution is 5.86. The van der Waals surface area contributed by atoms with Crippen LogP contribution >= 0.6 is 0 Å². The zero-order valence-corrected chi connectivity index (χ0v) is 14.7. The van der Waals surface area contributed by atoms with Crippen LogP contribution in [0.5, 0.6) is 5.75 Å². The lowest BCUT2D eigenvalue weighted by atomic mass is 10.2. The van der Waals surface area contributed by atoms with Gasteiger partial charge in [0.25, 0.3) is 0 Å². The average Bonchev–Trinajstić information content (AvgIpc) is 3.48. The highest BCUT2D eigenvalue weighted by atomic mass is 16.5. The Hall–Kier alpha value is -2.61. The number of nitrogens with zero attached hydrogens (tertiary/aromatic N) is 3. The molecule has 1 aromatic carbocycles. The minimum absolute atomic E-state index is 0.240. The molecular formula is C20H23N3O2. The number of carbonyl (C=O) groups is 1. The van der Waals surface area contributed by atoms with E-state index in [4.69, 9.17) is 15.1 Å².